The molecule has 2 aliphatic heterocycles. The molecule has 8 nitrogen and oxygen atoms in total. The van der Waals surface area contributed by atoms with Crippen molar-refractivity contribution in [3.63, 3.8) is 0 Å². The van der Waals surface area contributed by atoms with E-state index in [1.165, 1.54) is 13.0 Å². The number of nitrogens with zero attached hydrogens (tertiary/aromatic N) is 2. The molecule has 1 spiro atoms. The molecular formula is C36H44N2O6. The average molecular weight is 601 g/mol. The molecule has 0 radical (unpaired) electrons. The van der Waals surface area contributed by atoms with Gasteiger partial charge in [-0.3, -0.25) is 19.3 Å². The largest absolute Gasteiger partial charge is 0.508 e. The number of carbonyl (C=O) groups is 3. The third-order valence-electron chi connectivity index (χ3n) is 10.5. The molecule has 2 aliphatic carbocycles. The van der Waals surface area contributed by atoms with Gasteiger partial charge in [-0.2, -0.15) is 0 Å². The Morgan fingerprint density at radius 2 is 1.93 bits per heavy atom. The molecule has 2 heterocycles. The van der Waals surface area contributed by atoms with Crippen LogP contribution in [-0.2, 0) is 21.4 Å². The number of hydrogen-bond donors (Lipinski definition) is 1. The number of likely N-dealkylation sites (tertiary alicyclic amines) is 1. The van der Waals surface area contributed by atoms with Crippen LogP contribution in [0.15, 0.2) is 49.1 Å². The molecule has 2 fully saturated rings. The zero-order valence-corrected chi connectivity index (χ0v) is 26.1. The molecule has 8 heteroatoms. The van der Waals surface area contributed by atoms with Crippen LogP contribution in [0.25, 0.3) is 0 Å². The molecule has 1 N–H and O–H groups in total. The van der Waals surface area contributed by atoms with Crippen molar-refractivity contribution in [1.82, 2.24) is 9.80 Å². The number of amides is 1. The quantitative estimate of drug-likeness (QED) is 0.118. The number of unbranched alkanes of at least 4 members (excludes halogenated alkanes) is 1. The minimum absolute atomic E-state index is 0.0419. The number of phenols is 1. The topological polar surface area (TPSA) is 96.4 Å². The Kier molecular flexibility index (Phi) is 8.31. The molecule has 2 aromatic rings. The molecule has 1 amide bonds. The van der Waals surface area contributed by atoms with Crippen LogP contribution < -0.4 is 9.47 Å². The lowest BCUT2D eigenvalue weighted by Gasteiger charge is -2.60. The van der Waals surface area contributed by atoms with E-state index in [-0.39, 0.29) is 53.3 Å². The summed E-state index contributed by atoms with van der Waals surface area (Å²) in [6.07, 6.45) is 6.98. The number of Topliss-reactive ketones (excluding diaryl/α,β-unsaturated/α-hetero) is 1. The van der Waals surface area contributed by atoms with Gasteiger partial charge < -0.3 is 19.5 Å². The van der Waals surface area contributed by atoms with E-state index >= 15 is 0 Å². The van der Waals surface area contributed by atoms with Crippen molar-refractivity contribution in [2.75, 3.05) is 13.1 Å². The number of phenolic OH excluding ortho intramolecular Hbond substituents is 1. The maximum atomic E-state index is 14.0. The van der Waals surface area contributed by atoms with Crippen LogP contribution in [0.2, 0.25) is 0 Å². The van der Waals surface area contributed by atoms with Crippen LogP contribution in [0, 0.1) is 5.92 Å². The van der Waals surface area contributed by atoms with Gasteiger partial charge in [-0.1, -0.05) is 36.4 Å². The molecule has 0 aromatic heterocycles. The van der Waals surface area contributed by atoms with Crippen molar-refractivity contribution >= 4 is 17.7 Å². The van der Waals surface area contributed by atoms with E-state index in [2.05, 4.69) is 25.3 Å². The van der Waals surface area contributed by atoms with Gasteiger partial charge in [-0.15, -0.1) is 6.58 Å². The fourth-order valence-electron chi connectivity index (χ4n) is 8.87. The van der Waals surface area contributed by atoms with Crippen molar-refractivity contribution in [3.05, 3.63) is 65.7 Å². The third kappa shape index (κ3) is 5.01. The fourth-order valence-corrected chi connectivity index (χ4v) is 8.87. The average Bonchev–Trinajstić information content (AvgIpc) is 3.34. The van der Waals surface area contributed by atoms with Crippen molar-refractivity contribution < 1.29 is 29.0 Å². The van der Waals surface area contributed by atoms with Gasteiger partial charge in [-0.25, -0.2) is 0 Å². The number of carbonyl (C=O) groups excluding carboxylic acids is 3. The standard InChI is InChI=1S/C36H44N2O6/c1-5-18-37-19-17-36-26-15-16-27(38(22(2)3)32(42)14-10-9-13-29(40)24-11-7-6-8-12-24)35(36)44-34-31(43-23(4)39)21-30(41)25(33(34)36)20-28(26)37/h5-8,11-12,21-22,26-28,35,41H,1,9-10,13-20H2,2-4H3/t26-,27+,28+,35-,36-/m0/s1. The predicted octanol–water partition coefficient (Wildman–Crippen LogP) is 5.59. The van der Waals surface area contributed by atoms with Gasteiger partial charge in [0.2, 0.25) is 5.91 Å². The summed E-state index contributed by atoms with van der Waals surface area (Å²) in [7, 11) is 0. The summed E-state index contributed by atoms with van der Waals surface area (Å²) in [4.78, 5) is 43.1. The molecule has 1 saturated carbocycles. The van der Waals surface area contributed by atoms with E-state index in [4.69, 9.17) is 9.47 Å². The Balaban J connectivity index is 1.28. The second-order valence-corrected chi connectivity index (χ2v) is 13.2. The van der Waals surface area contributed by atoms with Crippen molar-refractivity contribution in [2.45, 2.75) is 102 Å². The second-order valence-electron chi connectivity index (χ2n) is 13.2. The zero-order valence-electron chi connectivity index (χ0n) is 26.1. The Labute approximate surface area is 260 Å². The van der Waals surface area contributed by atoms with Gasteiger partial charge in [0.1, 0.15) is 11.9 Å². The van der Waals surface area contributed by atoms with Gasteiger partial charge >= 0.3 is 5.97 Å². The first-order chi connectivity index (χ1) is 21.2. The van der Waals surface area contributed by atoms with Crippen molar-refractivity contribution in [1.29, 1.82) is 0 Å². The lowest BCUT2D eigenvalue weighted by molar-refractivity contribution is -0.145. The van der Waals surface area contributed by atoms with Gasteiger partial charge in [0.25, 0.3) is 0 Å². The second kappa shape index (κ2) is 12.0. The van der Waals surface area contributed by atoms with E-state index in [1.807, 2.05) is 41.3 Å². The highest BCUT2D eigenvalue weighted by molar-refractivity contribution is 5.96. The molecule has 2 bridgehead atoms. The normalized spacial score (nSPS) is 26.5. The smallest absolute Gasteiger partial charge is 0.308 e. The van der Waals surface area contributed by atoms with E-state index < -0.39 is 11.4 Å². The van der Waals surface area contributed by atoms with Crippen molar-refractivity contribution in [2.24, 2.45) is 5.92 Å². The molecule has 234 valence electrons. The van der Waals surface area contributed by atoms with Crippen LogP contribution >= 0.6 is 0 Å². The molecule has 4 aliphatic rings. The first-order valence-electron chi connectivity index (χ1n) is 16.2. The number of rotatable bonds is 11. The summed E-state index contributed by atoms with van der Waals surface area (Å²) in [5, 5.41) is 11.3. The number of ketones is 1. The summed E-state index contributed by atoms with van der Waals surface area (Å²) < 4.78 is 12.5. The van der Waals surface area contributed by atoms with E-state index in [0.717, 1.165) is 43.5 Å². The van der Waals surface area contributed by atoms with Gasteiger partial charge in [-0.05, 0) is 64.8 Å². The highest BCUT2D eigenvalue weighted by Gasteiger charge is 2.67. The molecule has 0 unspecified atom stereocenters. The molecule has 2 aromatic carbocycles. The summed E-state index contributed by atoms with van der Waals surface area (Å²) >= 11 is 0. The monoisotopic (exact) mass is 600 g/mol. The molecule has 1 saturated heterocycles. The van der Waals surface area contributed by atoms with Crippen LogP contribution in [0.1, 0.15) is 87.2 Å². The van der Waals surface area contributed by atoms with Gasteiger partial charge in [0, 0.05) is 66.6 Å². The van der Waals surface area contributed by atoms with E-state index in [1.54, 1.807) is 0 Å². The summed E-state index contributed by atoms with van der Waals surface area (Å²) in [6.45, 7) is 11.1. The number of benzene rings is 2. The zero-order chi connectivity index (χ0) is 31.2. The van der Waals surface area contributed by atoms with E-state index in [9.17, 15) is 19.5 Å². The Bertz CT molecular complexity index is 1450. The van der Waals surface area contributed by atoms with Gasteiger partial charge in [0.05, 0.1) is 6.04 Å². The number of piperidine rings is 1. The minimum Gasteiger partial charge on any atom is -0.508 e. The van der Waals surface area contributed by atoms with Crippen LogP contribution in [0.3, 0.4) is 0 Å². The third-order valence-corrected chi connectivity index (χ3v) is 10.5. The fraction of sp³-hybridized carbons (Fsp3) is 0.528. The molecule has 6 rings (SSSR count). The van der Waals surface area contributed by atoms with Crippen molar-refractivity contribution in [3.8, 4) is 17.2 Å². The summed E-state index contributed by atoms with van der Waals surface area (Å²) in [6, 6.07) is 10.8. The van der Waals surface area contributed by atoms with Crippen LogP contribution in [-0.4, -0.2) is 69.9 Å². The number of ether oxygens (including phenoxy) is 2. The minimum atomic E-state index is -0.469. The molecular weight excluding hydrogens is 556 g/mol. The van der Waals surface area contributed by atoms with E-state index in [0.29, 0.717) is 43.4 Å². The summed E-state index contributed by atoms with van der Waals surface area (Å²) in [5.41, 5.74) is 2.18. The SMILES string of the molecule is C=CCN1CC[C@]23c4c5c(O)cc(OC(C)=O)c4O[C@H]2[C@H](N(C(=O)CCCCC(=O)c2ccccc2)C(C)C)CC[C@H]3[C@H]1C5. The Morgan fingerprint density at radius 1 is 1.18 bits per heavy atom. The Hall–Kier alpha value is -3.65. The first kappa shape index (κ1) is 30.4. The number of esters is 1. The van der Waals surface area contributed by atoms with Crippen LogP contribution in [0.5, 0.6) is 17.2 Å². The lowest BCUT2D eigenvalue weighted by Crippen LogP contribution is -2.69. The first-order valence-corrected chi connectivity index (χ1v) is 16.2. The van der Waals surface area contributed by atoms with Crippen LogP contribution in [0.4, 0.5) is 0 Å². The maximum absolute atomic E-state index is 14.0. The van der Waals surface area contributed by atoms with Gasteiger partial charge in [0.15, 0.2) is 17.3 Å². The predicted molar refractivity (Wildman–Crippen MR) is 167 cm³/mol. The maximum Gasteiger partial charge on any atom is 0.308 e. The lowest BCUT2D eigenvalue weighted by atomic mass is 9.50. The summed E-state index contributed by atoms with van der Waals surface area (Å²) in [5.74, 6) is 0.942. The highest BCUT2D eigenvalue weighted by Crippen LogP contribution is 2.65. The molecule has 5 atom stereocenters. The highest BCUT2D eigenvalue weighted by atomic mass is 16.6. The number of aromatic hydroxyl groups is 1. The number of hydrogen-bond acceptors (Lipinski definition) is 7. The molecule has 44 heavy (non-hydrogen) atoms. The Morgan fingerprint density at radius 3 is 2.64 bits per heavy atom.